The number of ketones is 1. The van der Waals surface area contributed by atoms with Crippen LogP contribution in [0.15, 0.2) is 53.0 Å². The van der Waals surface area contributed by atoms with E-state index in [1.807, 2.05) is 52.4 Å². The summed E-state index contributed by atoms with van der Waals surface area (Å²) in [5.74, 6) is 0.345. The first-order valence-corrected chi connectivity index (χ1v) is 11.9. The number of H-pyrrole nitrogens is 1. The average Bonchev–Trinajstić information content (AvgIpc) is 3.51. The number of ether oxygens (including phenoxy) is 1. The van der Waals surface area contributed by atoms with E-state index in [2.05, 4.69) is 15.2 Å². The van der Waals surface area contributed by atoms with Gasteiger partial charge in [0.05, 0.1) is 28.5 Å². The van der Waals surface area contributed by atoms with Crippen LogP contribution in [-0.2, 0) is 4.74 Å². The minimum Gasteiger partial charge on any atom is -0.462 e. The number of thiophene rings is 1. The molecule has 1 N–H and O–H groups in total. The molecule has 0 atom stereocenters. The Morgan fingerprint density at radius 2 is 1.91 bits per heavy atom. The van der Waals surface area contributed by atoms with Crippen molar-refractivity contribution in [3.8, 4) is 16.4 Å². The van der Waals surface area contributed by atoms with Crippen LogP contribution in [0.1, 0.15) is 39.0 Å². The van der Waals surface area contributed by atoms with Gasteiger partial charge in [-0.25, -0.2) is 4.79 Å². The predicted octanol–water partition coefficient (Wildman–Crippen LogP) is 5.09. The fourth-order valence-electron chi connectivity index (χ4n) is 3.48. The monoisotopic (exact) mass is 466 g/mol. The lowest BCUT2D eigenvalue weighted by Gasteiger charge is -2.09. The fourth-order valence-corrected chi connectivity index (χ4v) is 5.00. The maximum absolute atomic E-state index is 13.0. The van der Waals surface area contributed by atoms with E-state index in [0.717, 1.165) is 16.4 Å². The Labute approximate surface area is 193 Å². The fraction of sp³-hybridized carbons (Fsp3) is 0.217. The number of aromatic nitrogens is 4. The van der Waals surface area contributed by atoms with Crippen molar-refractivity contribution >= 4 is 34.9 Å². The summed E-state index contributed by atoms with van der Waals surface area (Å²) in [5, 5.41) is 11.4. The third-order valence-corrected chi connectivity index (χ3v) is 6.71. The molecule has 0 saturated heterocycles. The zero-order valence-electron chi connectivity index (χ0n) is 17.9. The van der Waals surface area contributed by atoms with E-state index in [9.17, 15) is 9.59 Å². The number of aromatic amines is 1. The van der Waals surface area contributed by atoms with Gasteiger partial charge in [0.15, 0.2) is 16.8 Å². The molecular weight excluding hydrogens is 444 g/mol. The maximum Gasteiger partial charge on any atom is 0.340 e. The van der Waals surface area contributed by atoms with Crippen LogP contribution in [0.5, 0.6) is 0 Å². The quantitative estimate of drug-likeness (QED) is 0.221. The van der Waals surface area contributed by atoms with Crippen molar-refractivity contribution in [1.29, 1.82) is 0 Å². The van der Waals surface area contributed by atoms with Crippen molar-refractivity contribution < 1.29 is 14.3 Å². The molecule has 9 heteroatoms. The van der Waals surface area contributed by atoms with Crippen molar-refractivity contribution in [2.75, 3.05) is 12.4 Å². The first-order chi connectivity index (χ1) is 15.5. The first kappa shape index (κ1) is 22.0. The molecule has 3 heterocycles. The largest absolute Gasteiger partial charge is 0.462 e. The second kappa shape index (κ2) is 9.54. The molecule has 0 radical (unpaired) electrons. The van der Waals surface area contributed by atoms with Gasteiger partial charge in [0, 0.05) is 11.4 Å². The molecule has 1 aromatic carbocycles. The molecular formula is C23H22N4O3S2. The number of carbonyl (C=O) groups excluding carboxylic acids is 2. The van der Waals surface area contributed by atoms with Crippen molar-refractivity contribution in [2.45, 2.75) is 25.9 Å². The lowest BCUT2D eigenvalue weighted by atomic mass is 10.1. The molecule has 0 aliphatic heterocycles. The smallest absolute Gasteiger partial charge is 0.340 e. The van der Waals surface area contributed by atoms with Gasteiger partial charge in [0.2, 0.25) is 0 Å². The number of para-hydroxylation sites is 1. The molecule has 0 aliphatic rings. The van der Waals surface area contributed by atoms with Crippen molar-refractivity contribution in [1.82, 2.24) is 19.7 Å². The lowest BCUT2D eigenvalue weighted by Crippen LogP contribution is -2.09. The van der Waals surface area contributed by atoms with Crippen LogP contribution in [0.4, 0.5) is 0 Å². The summed E-state index contributed by atoms with van der Waals surface area (Å²) in [6.07, 6.45) is 0. The molecule has 0 unspecified atom stereocenters. The number of hydrogen-bond donors (Lipinski definition) is 1. The van der Waals surface area contributed by atoms with Crippen LogP contribution in [-0.4, -0.2) is 43.9 Å². The van der Waals surface area contributed by atoms with E-state index >= 15 is 0 Å². The zero-order valence-corrected chi connectivity index (χ0v) is 19.5. The van der Waals surface area contributed by atoms with Gasteiger partial charge in [-0.05, 0) is 49.9 Å². The normalized spacial score (nSPS) is 11.0. The Bertz CT molecular complexity index is 1240. The van der Waals surface area contributed by atoms with E-state index in [0.29, 0.717) is 27.7 Å². The number of thioether (sulfide) groups is 1. The molecule has 0 bridgehead atoms. The molecule has 0 spiro atoms. The predicted molar refractivity (Wildman–Crippen MR) is 126 cm³/mol. The van der Waals surface area contributed by atoms with E-state index < -0.39 is 5.97 Å². The second-order valence-corrected chi connectivity index (χ2v) is 8.90. The Morgan fingerprint density at radius 3 is 2.59 bits per heavy atom. The summed E-state index contributed by atoms with van der Waals surface area (Å²) in [6.45, 7) is 5.56. The average molecular weight is 467 g/mol. The Balaban J connectivity index is 1.61. The van der Waals surface area contributed by atoms with Gasteiger partial charge in [0.25, 0.3) is 0 Å². The molecule has 32 heavy (non-hydrogen) atoms. The van der Waals surface area contributed by atoms with Crippen molar-refractivity contribution in [3.05, 3.63) is 70.4 Å². The van der Waals surface area contributed by atoms with Gasteiger partial charge >= 0.3 is 5.97 Å². The molecule has 0 fully saturated rings. The number of benzene rings is 1. The number of carbonyl (C=O) groups is 2. The summed E-state index contributed by atoms with van der Waals surface area (Å²) in [7, 11) is 0. The standard InChI is InChI=1S/C23H22N4O3S2/c1-4-30-22(29)19-14(2)20(24-15(19)3)17(28)13-32-23-26-25-21(18-11-8-12-31-18)27(23)16-9-6-5-7-10-16/h5-12,24H,4,13H2,1-3H3. The van der Waals surface area contributed by atoms with Crippen molar-refractivity contribution in [3.63, 3.8) is 0 Å². The van der Waals surface area contributed by atoms with Gasteiger partial charge < -0.3 is 9.72 Å². The van der Waals surface area contributed by atoms with Gasteiger partial charge in [0.1, 0.15) is 0 Å². The highest BCUT2D eigenvalue weighted by atomic mass is 32.2. The SMILES string of the molecule is CCOC(=O)c1c(C)[nH]c(C(=O)CSc2nnc(-c3cccs3)n2-c2ccccc2)c1C. The maximum atomic E-state index is 13.0. The summed E-state index contributed by atoms with van der Waals surface area (Å²) in [5.41, 5.74) is 3.00. The molecule has 4 rings (SSSR count). The van der Waals surface area contributed by atoms with E-state index in [1.165, 1.54) is 11.8 Å². The molecule has 0 saturated carbocycles. The lowest BCUT2D eigenvalue weighted by molar-refractivity contribution is 0.0525. The number of rotatable bonds is 8. The van der Waals surface area contributed by atoms with Crippen LogP contribution >= 0.6 is 23.1 Å². The highest BCUT2D eigenvalue weighted by molar-refractivity contribution is 7.99. The Morgan fingerprint density at radius 1 is 1.12 bits per heavy atom. The molecule has 164 valence electrons. The second-order valence-electron chi connectivity index (χ2n) is 7.01. The minimum atomic E-state index is -0.421. The highest BCUT2D eigenvalue weighted by Gasteiger charge is 2.24. The van der Waals surface area contributed by atoms with Crippen LogP contribution in [0.2, 0.25) is 0 Å². The molecule has 4 aromatic rings. The number of esters is 1. The molecule has 0 amide bonds. The molecule has 3 aromatic heterocycles. The number of aryl methyl sites for hydroxylation is 1. The van der Waals surface area contributed by atoms with Crippen LogP contribution in [0, 0.1) is 13.8 Å². The zero-order chi connectivity index (χ0) is 22.7. The summed E-state index contributed by atoms with van der Waals surface area (Å²) in [4.78, 5) is 29.3. The van der Waals surface area contributed by atoms with Gasteiger partial charge in [-0.3, -0.25) is 9.36 Å². The van der Waals surface area contributed by atoms with E-state index in [4.69, 9.17) is 4.74 Å². The summed E-state index contributed by atoms with van der Waals surface area (Å²) in [6, 6.07) is 13.8. The number of hydrogen-bond acceptors (Lipinski definition) is 7. The number of nitrogens with zero attached hydrogens (tertiary/aromatic N) is 3. The van der Waals surface area contributed by atoms with Crippen LogP contribution in [0.25, 0.3) is 16.4 Å². The van der Waals surface area contributed by atoms with Crippen LogP contribution < -0.4 is 0 Å². The number of nitrogens with one attached hydrogen (secondary N) is 1. The first-order valence-electron chi connectivity index (χ1n) is 10.1. The topological polar surface area (TPSA) is 89.9 Å². The van der Waals surface area contributed by atoms with E-state index in [1.54, 1.807) is 32.1 Å². The Kier molecular flexibility index (Phi) is 6.57. The van der Waals surface area contributed by atoms with Gasteiger partial charge in [-0.1, -0.05) is 36.0 Å². The number of Topliss-reactive ketones (excluding diaryl/α,β-unsaturated/α-hetero) is 1. The summed E-state index contributed by atoms with van der Waals surface area (Å²) >= 11 is 2.90. The molecule has 0 aliphatic carbocycles. The van der Waals surface area contributed by atoms with Crippen LogP contribution in [0.3, 0.4) is 0 Å². The van der Waals surface area contributed by atoms with E-state index in [-0.39, 0.29) is 18.1 Å². The highest BCUT2D eigenvalue weighted by Crippen LogP contribution is 2.31. The summed E-state index contributed by atoms with van der Waals surface area (Å²) < 4.78 is 7.08. The Hall–Kier alpha value is -3.17. The molecule has 7 nitrogen and oxygen atoms in total. The van der Waals surface area contributed by atoms with Gasteiger partial charge in [-0.15, -0.1) is 21.5 Å². The minimum absolute atomic E-state index is 0.119. The third-order valence-electron chi connectivity index (χ3n) is 4.92. The third kappa shape index (κ3) is 4.26. The van der Waals surface area contributed by atoms with Gasteiger partial charge in [-0.2, -0.15) is 0 Å². The van der Waals surface area contributed by atoms with Crippen molar-refractivity contribution in [2.24, 2.45) is 0 Å².